The molecular weight excluding hydrogens is 630 g/mol. The molecule has 286 valence electrons. The first-order valence-electron chi connectivity index (χ1n) is 20.4. The number of ether oxygens (including phenoxy) is 2. The van der Waals surface area contributed by atoms with Crippen LogP contribution in [0.1, 0.15) is 208 Å². The number of aromatic carboxylic acids is 1. The van der Waals surface area contributed by atoms with E-state index in [4.69, 9.17) is 9.47 Å². The lowest BCUT2D eigenvalue weighted by atomic mass is 10.0. The minimum atomic E-state index is -1.22. The maximum absolute atomic E-state index is 13.0. The predicted octanol–water partition coefficient (Wildman–Crippen LogP) is 11.1. The van der Waals surface area contributed by atoms with Gasteiger partial charge in [-0.05, 0) is 37.8 Å². The summed E-state index contributed by atoms with van der Waals surface area (Å²) in [5.74, 6) is -2.78. The molecule has 0 radical (unpaired) electrons. The van der Waals surface area contributed by atoms with Crippen molar-refractivity contribution in [1.29, 1.82) is 0 Å². The third-order valence-electron chi connectivity index (χ3n) is 9.37. The SMILES string of the molecule is CCCCCCCCCCCCCCOC(=O)CCCC(NC(=O)c1ccccc1C(=O)O)C(=O)OCCCCCCCCCCCCCC. The molecule has 1 aromatic carbocycles. The van der Waals surface area contributed by atoms with Gasteiger partial charge < -0.3 is 19.9 Å². The number of carboxylic acids is 1. The highest BCUT2D eigenvalue weighted by Gasteiger charge is 2.25. The molecule has 0 spiro atoms. The van der Waals surface area contributed by atoms with E-state index in [2.05, 4.69) is 19.2 Å². The third kappa shape index (κ3) is 24.3. The summed E-state index contributed by atoms with van der Waals surface area (Å²) in [7, 11) is 0. The van der Waals surface area contributed by atoms with Crippen LogP contribution in [0.3, 0.4) is 0 Å². The largest absolute Gasteiger partial charge is 0.478 e. The van der Waals surface area contributed by atoms with Gasteiger partial charge in [-0.15, -0.1) is 0 Å². The summed E-state index contributed by atoms with van der Waals surface area (Å²) in [6, 6.07) is 4.90. The Kier molecular flexibility index (Phi) is 28.9. The van der Waals surface area contributed by atoms with Gasteiger partial charge in [-0.1, -0.05) is 167 Å². The number of carbonyl (C=O) groups excluding carboxylic acids is 3. The lowest BCUT2D eigenvalue weighted by Crippen LogP contribution is -2.42. The van der Waals surface area contributed by atoms with E-state index < -0.39 is 23.9 Å². The number of benzene rings is 1. The van der Waals surface area contributed by atoms with Gasteiger partial charge in [-0.2, -0.15) is 0 Å². The molecule has 0 fully saturated rings. The summed E-state index contributed by atoms with van der Waals surface area (Å²) in [5.41, 5.74) is -0.171. The van der Waals surface area contributed by atoms with Crippen molar-refractivity contribution < 1.29 is 33.8 Å². The van der Waals surface area contributed by atoms with Crippen LogP contribution in [0, 0.1) is 0 Å². The Balaban J connectivity index is 2.37. The number of hydrogen-bond acceptors (Lipinski definition) is 6. The molecular formula is C42H71NO7. The van der Waals surface area contributed by atoms with E-state index in [0.717, 1.165) is 38.5 Å². The molecule has 1 atom stereocenters. The first-order valence-corrected chi connectivity index (χ1v) is 20.4. The minimum Gasteiger partial charge on any atom is -0.478 e. The van der Waals surface area contributed by atoms with E-state index in [9.17, 15) is 24.3 Å². The van der Waals surface area contributed by atoms with Crippen LogP contribution in [-0.2, 0) is 19.1 Å². The van der Waals surface area contributed by atoms with Crippen molar-refractivity contribution in [3.8, 4) is 0 Å². The second kappa shape index (κ2) is 32.0. The zero-order valence-corrected chi connectivity index (χ0v) is 31.8. The van der Waals surface area contributed by atoms with Crippen LogP contribution >= 0.6 is 0 Å². The highest BCUT2D eigenvalue weighted by molar-refractivity contribution is 6.05. The molecule has 2 N–H and O–H groups in total. The van der Waals surface area contributed by atoms with Crippen molar-refractivity contribution in [3.05, 3.63) is 35.4 Å². The summed E-state index contributed by atoms with van der Waals surface area (Å²) < 4.78 is 10.9. The van der Waals surface area contributed by atoms with Crippen LogP contribution in [0.5, 0.6) is 0 Å². The smallest absolute Gasteiger partial charge is 0.336 e. The lowest BCUT2D eigenvalue weighted by molar-refractivity contribution is -0.147. The number of carbonyl (C=O) groups is 4. The van der Waals surface area contributed by atoms with Gasteiger partial charge in [0.25, 0.3) is 5.91 Å². The zero-order valence-electron chi connectivity index (χ0n) is 31.8. The van der Waals surface area contributed by atoms with Crippen molar-refractivity contribution >= 4 is 23.8 Å². The summed E-state index contributed by atoms with van der Waals surface area (Å²) in [4.78, 5) is 50.1. The number of carboxylic acid groups (broad SMARTS) is 1. The van der Waals surface area contributed by atoms with Crippen LogP contribution in [0.15, 0.2) is 24.3 Å². The first-order chi connectivity index (χ1) is 24.4. The Bertz CT molecular complexity index is 1030. The van der Waals surface area contributed by atoms with Crippen LogP contribution in [0.2, 0.25) is 0 Å². The Morgan fingerprint density at radius 1 is 0.560 bits per heavy atom. The molecule has 0 aliphatic carbocycles. The molecule has 0 aliphatic heterocycles. The summed E-state index contributed by atoms with van der Waals surface area (Å²) in [5, 5.41) is 12.2. The van der Waals surface area contributed by atoms with Gasteiger partial charge in [-0.25, -0.2) is 9.59 Å². The van der Waals surface area contributed by atoms with E-state index in [1.165, 1.54) is 128 Å². The molecule has 8 heteroatoms. The van der Waals surface area contributed by atoms with Gasteiger partial charge in [0.05, 0.1) is 24.3 Å². The van der Waals surface area contributed by atoms with Crippen molar-refractivity contribution in [2.75, 3.05) is 13.2 Å². The van der Waals surface area contributed by atoms with Crippen LogP contribution in [-0.4, -0.2) is 48.2 Å². The lowest BCUT2D eigenvalue weighted by Gasteiger charge is -2.18. The highest BCUT2D eigenvalue weighted by Crippen LogP contribution is 2.15. The van der Waals surface area contributed by atoms with Gasteiger partial charge in [-0.3, -0.25) is 9.59 Å². The molecule has 0 saturated heterocycles. The minimum absolute atomic E-state index is 0.0272. The van der Waals surface area contributed by atoms with Gasteiger partial charge in [0.1, 0.15) is 6.04 Å². The molecule has 0 saturated carbocycles. The van der Waals surface area contributed by atoms with E-state index in [-0.39, 0.29) is 36.5 Å². The average Bonchev–Trinajstić information content (AvgIpc) is 3.11. The van der Waals surface area contributed by atoms with E-state index in [1.807, 2.05) is 0 Å². The maximum atomic E-state index is 13.0. The average molecular weight is 702 g/mol. The summed E-state index contributed by atoms with van der Waals surface area (Å²) in [6.45, 7) is 5.14. The molecule has 0 heterocycles. The van der Waals surface area contributed by atoms with Crippen LogP contribution < -0.4 is 5.32 Å². The number of hydrogen-bond donors (Lipinski definition) is 2. The molecule has 1 aromatic rings. The number of nitrogens with one attached hydrogen (secondary N) is 1. The first kappa shape index (κ1) is 45.1. The normalized spacial score (nSPS) is 11.6. The summed E-state index contributed by atoms with van der Waals surface area (Å²) >= 11 is 0. The zero-order chi connectivity index (χ0) is 36.5. The van der Waals surface area contributed by atoms with Crippen molar-refractivity contribution in [2.45, 2.75) is 193 Å². The standard InChI is InChI=1S/C42H71NO7/c1-3-5-7-9-11-13-15-17-19-21-23-27-34-49-39(44)33-29-32-38(43-40(45)36-30-25-26-31-37(36)41(46)47)42(48)50-35-28-24-22-20-18-16-14-12-10-8-6-4-2/h25-26,30-31,38H,3-24,27-29,32-35H2,1-2H3,(H,43,45)(H,46,47). The molecule has 1 rings (SSSR count). The fourth-order valence-corrected chi connectivity index (χ4v) is 6.22. The van der Waals surface area contributed by atoms with Crippen molar-refractivity contribution in [2.24, 2.45) is 0 Å². The molecule has 0 aliphatic rings. The molecule has 0 bridgehead atoms. The number of esters is 2. The number of unbranched alkanes of at least 4 members (excludes halogenated alkanes) is 22. The number of amides is 1. The molecule has 0 aromatic heterocycles. The quantitative estimate of drug-likeness (QED) is 0.0542. The van der Waals surface area contributed by atoms with Gasteiger partial charge >= 0.3 is 17.9 Å². The van der Waals surface area contributed by atoms with E-state index in [0.29, 0.717) is 13.0 Å². The molecule has 50 heavy (non-hydrogen) atoms. The highest BCUT2D eigenvalue weighted by atomic mass is 16.5. The van der Waals surface area contributed by atoms with E-state index in [1.54, 1.807) is 12.1 Å². The van der Waals surface area contributed by atoms with Gasteiger partial charge in [0.2, 0.25) is 0 Å². The Morgan fingerprint density at radius 2 is 0.960 bits per heavy atom. The van der Waals surface area contributed by atoms with E-state index >= 15 is 0 Å². The van der Waals surface area contributed by atoms with Crippen LogP contribution in [0.25, 0.3) is 0 Å². The van der Waals surface area contributed by atoms with Crippen LogP contribution in [0.4, 0.5) is 0 Å². The van der Waals surface area contributed by atoms with Gasteiger partial charge in [0.15, 0.2) is 0 Å². The summed E-state index contributed by atoms with van der Waals surface area (Å²) in [6.07, 6.45) is 30.0. The Hall–Kier alpha value is -2.90. The molecule has 8 nitrogen and oxygen atoms in total. The third-order valence-corrected chi connectivity index (χ3v) is 9.37. The van der Waals surface area contributed by atoms with Crippen molar-refractivity contribution in [1.82, 2.24) is 5.32 Å². The van der Waals surface area contributed by atoms with Gasteiger partial charge in [0, 0.05) is 6.42 Å². The second-order valence-corrected chi connectivity index (χ2v) is 13.9. The molecule has 1 amide bonds. The maximum Gasteiger partial charge on any atom is 0.336 e. The number of rotatable bonds is 34. The molecule has 1 unspecified atom stereocenters. The predicted molar refractivity (Wildman–Crippen MR) is 203 cm³/mol. The van der Waals surface area contributed by atoms with Crippen molar-refractivity contribution in [3.63, 3.8) is 0 Å². The second-order valence-electron chi connectivity index (χ2n) is 13.9. The fourth-order valence-electron chi connectivity index (χ4n) is 6.22. The Labute approximate surface area is 304 Å². The fraction of sp³-hybridized carbons (Fsp3) is 0.762. The topological polar surface area (TPSA) is 119 Å². The monoisotopic (exact) mass is 702 g/mol. The Morgan fingerprint density at radius 3 is 1.40 bits per heavy atom.